The maximum Gasteiger partial charge on any atom is 0.405 e. The molecule has 1 aliphatic heterocycles. The molecule has 0 bridgehead atoms. The second kappa shape index (κ2) is 5.28. The summed E-state index contributed by atoms with van der Waals surface area (Å²) >= 11 is 0. The number of nitrogens with one attached hydrogen (secondary N) is 1. The summed E-state index contributed by atoms with van der Waals surface area (Å²) in [7, 11) is 0. The molecule has 94 valence electrons. The fourth-order valence-electron chi connectivity index (χ4n) is 1.29. The molecule has 0 radical (unpaired) electrons. The van der Waals surface area contributed by atoms with Crippen LogP contribution < -0.4 is 5.32 Å². The molecule has 1 rings (SSSR count). The first-order chi connectivity index (χ1) is 7.95. The Hall–Kier alpha value is -2.12. The maximum absolute atomic E-state index is 11.5. The molecule has 0 spiro atoms. The summed E-state index contributed by atoms with van der Waals surface area (Å²) in [6.07, 6.45) is -1.24. The van der Waals surface area contributed by atoms with Gasteiger partial charge in [0.1, 0.15) is 6.04 Å². The van der Waals surface area contributed by atoms with E-state index in [9.17, 15) is 19.2 Å². The molecule has 0 aliphatic carbocycles. The SMILES string of the molecule is CCC(NC(=O)O)C(=O)ON1C(=O)CCC1=O. The molecule has 0 aromatic heterocycles. The molecule has 8 heteroatoms. The number of rotatable bonds is 4. The minimum Gasteiger partial charge on any atom is -0.465 e. The zero-order valence-corrected chi connectivity index (χ0v) is 9.13. The van der Waals surface area contributed by atoms with E-state index in [-0.39, 0.29) is 19.3 Å². The Balaban J connectivity index is 2.60. The topological polar surface area (TPSA) is 113 Å². The third kappa shape index (κ3) is 3.16. The number of carbonyl (C=O) groups excluding carboxylic acids is 3. The fraction of sp³-hybridized carbons (Fsp3) is 0.556. The van der Waals surface area contributed by atoms with Crippen molar-refractivity contribution in [2.24, 2.45) is 0 Å². The normalized spacial score (nSPS) is 16.9. The van der Waals surface area contributed by atoms with Crippen LogP contribution in [0.2, 0.25) is 0 Å². The largest absolute Gasteiger partial charge is 0.465 e. The smallest absolute Gasteiger partial charge is 0.405 e. The van der Waals surface area contributed by atoms with Crippen molar-refractivity contribution in [3.63, 3.8) is 0 Å². The van der Waals surface area contributed by atoms with Crippen molar-refractivity contribution in [1.29, 1.82) is 0 Å². The molecule has 1 aliphatic rings. The molecule has 2 N–H and O–H groups in total. The van der Waals surface area contributed by atoms with Crippen LogP contribution in [0.25, 0.3) is 0 Å². The number of amides is 3. The highest BCUT2D eigenvalue weighted by atomic mass is 16.7. The quantitative estimate of drug-likeness (QED) is 0.653. The van der Waals surface area contributed by atoms with Gasteiger partial charge in [-0.2, -0.15) is 0 Å². The van der Waals surface area contributed by atoms with Gasteiger partial charge in [-0.1, -0.05) is 6.92 Å². The zero-order chi connectivity index (χ0) is 13.0. The van der Waals surface area contributed by atoms with Crippen molar-refractivity contribution >= 4 is 23.9 Å². The number of hydrogen-bond acceptors (Lipinski definition) is 5. The number of carboxylic acid groups (broad SMARTS) is 1. The fourth-order valence-corrected chi connectivity index (χ4v) is 1.29. The van der Waals surface area contributed by atoms with Crippen molar-refractivity contribution in [2.75, 3.05) is 0 Å². The van der Waals surface area contributed by atoms with Crippen LogP contribution in [0.5, 0.6) is 0 Å². The van der Waals surface area contributed by atoms with Gasteiger partial charge in [-0.25, -0.2) is 9.59 Å². The Bertz CT molecular complexity index is 350. The van der Waals surface area contributed by atoms with Crippen LogP contribution in [0.15, 0.2) is 0 Å². The number of hydrogen-bond donors (Lipinski definition) is 2. The van der Waals surface area contributed by atoms with E-state index in [4.69, 9.17) is 5.11 Å². The monoisotopic (exact) mass is 244 g/mol. The first kappa shape index (κ1) is 12.9. The second-order valence-corrected chi connectivity index (χ2v) is 3.40. The van der Waals surface area contributed by atoms with Crippen molar-refractivity contribution in [1.82, 2.24) is 10.4 Å². The molecule has 1 unspecified atom stereocenters. The van der Waals surface area contributed by atoms with Crippen LogP contribution in [0.4, 0.5) is 4.79 Å². The van der Waals surface area contributed by atoms with E-state index in [2.05, 4.69) is 4.84 Å². The molecule has 3 amide bonds. The summed E-state index contributed by atoms with van der Waals surface area (Å²) in [5.74, 6) is -2.18. The molecule has 8 nitrogen and oxygen atoms in total. The number of hydroxylamine groups is 2. The predicted molar refractivity (Wildman–Crippen MR) is 52.4 cm³/mol. The van der Waals surface area contributed by atoms with E-state index in [1.54, 1.807) is 6.92 Å². The Morgan fingerprint density at radius 2 is 1.94 bits per heavy atom. The highest BCUT2D eigenvalue weighted by Gasteiger charge is 2.34. The summed E-state index contributed by atoms with van der Waals surface area (Å²) < 4.78 is 0. The third-order valence-electron chi connectivity index (χ3n) is 2.18. The lowest BCUT2D eigenvalue weighted by Gasteiger charge is -2.17. The van der Waals surface area contributed by atoms with Gasteiger partial charge in [0.25, 0.3) is 11.8 Å². The lowest BCUT2D eigenvalue weighted by Crippen LogP contribution is -2.44. The van der Waals surface area contributed by atoms with E-state index in [1.165, 1.54) is 0 Å². The molecule has 17 heavy (non-hydrogen) atoms. The van der Waals surface area contributed by atoms with Crippen molar-refractivity contribution in [3.8, 4) is 0 Å². The van der Waals surface area contributed by atoms with Gasteiger partial charge >= 0.3 is 12.1 Å². The Morgan fingerprint density at radius 1 is 1.41 bits per heavy atom. The predicted octanol–water partition coefficient (Wildman–Crippen LogP) is -0.360. The van der Waals surface area contributed by atoms with E-state index in [0.29, 0.717) is 5.06 Å². The molecular formula is C9H12N2O6. The van der Waals surface area contributed by atoms with Gasteiger partial charge in [0.15, 0.2) is 0 Å². The first-order valence-electron chi connectivity index (χ1n) is 5.02. The van der Waals surface area contributed by atoms with Crippen LogP contribution >= 0.6 is 0 Å². The van der Waals surface area contributed by atoms with Crippen LogP contribution in [-0.2, 0) is 19.2 Å². The molecule has 1 saturated heterocycles. The third-order valence-corrected chi connectivity index (χ3v) is 2.18. The van der Waals surface area contributed by atoms with Gasteiger partial charge in [0.05, 0.1) is 0 Å². The van der Waals surface area contributed by atoms with Crippen LogP contribution in [0, 0.1) is 0 Å². The molecule has 1 heterocycles. The van der Waals surface area contributed by atoms with Gasteiger partial charge < -0.3 is 15.3 Å². The molecule has 0 aromatic rings. The summed E-state index contributed by atoms with van der Waals surface area (Å²) in [5.41, 5.74) is 0. The summed E-state index contributed by atoms with van der Waals surface area (Å²) in [6, 6.07) is -1.10. The van der Waals surface area contributed by atoms with Crippen LogP contribution in [0.1, 0.15) is 26.2 Å². The lowest BCUT2D eigenvalue weighted by atomic mass is 10.2. The van der Waals surface area contributed by atoms with E-state index >= 15 is 0 Å². The summed E-state index contributed by atoms with van der Waals surface area (Å²) in [4.78, 5) is 48.7. The van der Waals surface area contributed by atoms with Crippen molar-refractivity contribution in [2.45, 2.75) is 32.2 Å². The molecule has 0 aromatic carbocycles. The molecule has 1 atom stereocenters. The average molecular weight is 244 g/mol. The number of carbonyl (C=O) groups is 4. The highest BCUT2D eigenvalue weighted by molar-refractivity contribution is 6.01. The van der Waals surface area contributed by atoms with Crippen LogP contribution in [0.3, 0.4) is 0 Å². The van der Waals surface area contributed by atoms with Gasteiger partial charge in [0.2, 0.25) is 0 Å². The number of nitrogens with zero attached hydrogens (tertiary/aromatic N) is 1. The zero-order valence-electron chi connectivity index (χ0n) is 9.13. The summed E-state index contributed by atoms with van der Waals surface area (Å²) in [6.45, 7) is 1.56. The lowest BCUT2D eigenvalue weighted by molar-refractivity contribution is -0.198. The van der Waals surface area contributed by atoms with Gasteiger partial charge in [-0.15, -0.1) is 5.06 Å². The van der Waals surface area contributed by atoms with E-state index < -0.39 is 29.9 Å². The van der Waals surface area contributed by atoms with Gasteiger partial charge in [-0.3, -0.25) is 9.59 Å². The molecule has 1 fully saturated rings. The van der Waals surface area contributed by atoms with E-state index in [1.807, 2.05) is 5.32 Å². The number of imide groups is 1. The van der Waals surface area contributed by atoms with Gasteiger partial charge in [0, 0.05) is 12.8 Å². The maximum atomic E-state index is 11.5. The standard InChI is InChI=1S/C9H12N2O6/c1-2-5(10-9(15)16)8(14)17-11-6(12)3-4-7(11)13/h5,10H,2-4H2,1H3,(H,15,16). The van der Waals surface area contributed by atoms with E-state index in [0.717, 1.165) is 0 Å². The van der Waals surface area contributed by atoms with Crippen molar-refractivity contribution in [3.05, 3.63) is 0 Å². The van der Waals surface area contributed by atoms with Gasteiger partial charge in [-0.05, 0) is 6.42 Å². The Morgan fingerprint density at radius 3 is 2.35 bits per heavy atom. The summed E-state index contributed by atoms with van der Waals surface area (Å²) in [5, 5.41) is 10.8. The minimum absolute atomic E-state index is 0.00470. The minimum atomic E-state index is -1.38. The van der Waals surface area contributed by atoms with Crippen LogP contribution in [-0.4, -0.2) is 40.1 Å². The average Bonchev–Trinajstić information content (AvgIpc) is 2.57. The second-order valence-electron chi connectivity index (χ2n) is 3.40. The Labute approximate surface area is 96.5 Å². The molecule has 0 saturated carbocycles. The van der Waals surface area contributed by atoms with Crippen molar-refractivity contribution < 1.29 is 29.1 Å². The molecular weight excluding hydrogens is 232 g/mol. The first-order valence-corrected chi connectivity index (χ1v) is 5.02. The Kier molecular flexibility index (Phi) is 4.02. The highest BCUT2D eigenvalue weighted by Crippen LogP contribution is 2.13.